The second kappa shape index (κ2) is 10.0. The molecule has 4 rings (SSSR count). The van der Waals surface area contributed by atoms with Crippen molar-refractivity contribution in [2.24, 2.45) is 0 Å². The number of rotatable bonds is 7. The summed E-state index contributed by atoms with van der Waals surface area (Å²) in [4.78, 5) is 26.4. The van der Waals surface area contributed by atoms with Gasteiger partial charge in [-0.25, -0.2) is 0 Å². The lowest BCUT2D eigenvalue weighted by molar-refractivity contribution is -0.115. The number of anilines is 2. The predicted octanol–water partition coefficient (Wildman–Crippen LogP) is 6.31. The van der Waals surface area contributed by atoms with E-state index in [1.807, 2.05) is 79.7 Å². The smallest absolute Gasteiger partial charge is 0.291 e. The Labute approximate surface area is 190 Å². The maximum atomic E-state index is 13.2. The highest BCUT2D eigenvalue weighted by Crippen LogP contribution is 2.37. The van der Waals surface area contributed by atoms with Crippen molar-refractivity contribution >= 4 is 35.0 Å². The topological polar surface area (TPSA) is 71.3 Å². The van der Waals surface area contributed by atoms with E-state index in [2.05, 4.69) is 10.6 Å². The molecular weight excluding hydrogens is 420 g/mol. The van der Waals surface area contributed by atoms with Crippen molar-refractivity contribution in [2.45, 2.75) is 17.1 Å². The highest BCUT2D eigenvalue weighted by molar-refractivity contribution is 8.00. The van der Waals surface area contributed by atoms with Crippen LogP contribution in [0.3, 0.4) is 0 Å². The Kier molecular flexibility index (Phi) is 6.72. The second-order valence-electron chi connectivity index (χ2n) is 7.23. The number of amides is 2. The molecule has 0 aliphatic rings. The van der Waals surface area contributed by atoms with Crippen molar-refractivity contribution in [3.8, 4) is 0 Å². The molecule has 0 bridgehead atoms. The number of benzene rings is 3. The molecule has 2 amide bonds. The Morgan fingerprint density at radius 3 is 2.28 bits per heavy atom. The molecule has 4 aromatic rings. The summed E-state index contributed by atoms with van der Waals surface area (Å²) in [6.45, 7) is 1.99. The molecule has 0 aliphatic carbocycles. The minimum Gasteiger partial charge on any atom is -0.459 e. The third-order valence-electron chi connectivity index (χ3n) is 4.72. The fourth-order valence-corrected chi connectivity index (χ4v) is 4.30. The van der Waals surface area contributed by atoms with Crippen LogP contribution in [0.4, 0.5) is 11.4 Å². The summed E-state index contributed by atoms with van der Waals surface area (Å²) >= 11 is 1.43. The minimum absolute atomic E-state index is 0.114. The first-order chi connectivity index (χ1) is 15.6. The van der Waals surface area contributed by atoms with Gasteiger partial charge < -0.3 is 15.1 Å². The van der Waals surface area contributed by atoms with Crippen LogP contribution in [0.2, 0.25) is 0 Å². The maximum Gasteiger partial charge on any atom is 0.291 e. The molecule has 1 aromatic heterocycles. The maximum absolute atomic E-state index is 13.2. The van der Waals surface area contributed by atoms with Crippen molar-refractivity contribution in [2.75, 3.05) is 10.6 Å². The SMILES string of the molecule is Cc1cccc(NC(=O)C(Sc2cccc(NC(=O)c3ccco3)c2)c2ccccc2)c1. The molecule has 0 saturated heterocycles. The van der Waals surface area contributed by atoms with Gasteiger partial charge >= 0.3 is 0 Å². The number of carbonyl (C=O) groups is 2. The average molecular weight is 443 g/mol. The Morgan fingerprint density at radius 1 is 0.812 bits per heavy atom. The lowest BCUT2D eigenvalue weighted by atomic mass is 10.1. The molecule has 32 heavy (non-hydrogen) atoms. The summed E-state index contributed by atoms with van der Waals surface area (Å²) in [6.07, 6.45) is 1.46. The van der Waals surface area contributed by atoms with Gasteiger partial charge in [-0.05, 0) is 60.5 Å². The van der Waals surface area contributed by atoms with E-state index in [1.54, 1.807) is 18.2 Å². The van der Waals surface area contributed by atoms with Crippen LogP contribution in [0.15, 0.2) is 107 Å². The Morgan fingerprint density at radius 2 is 1.56 bits per heavy atom. The number of furan rings is 1. The van der Waals surface area contributed by atoms with Gasteiger partial charge in [0.15, 0.2) is 5.76 Å². The molecule has 0 fully saturated rings. The van der Waals surface area contributed by atoms with Crippen LogP contribution in [0, 0.1) is 6.92 Å². The Bertz CT molecular complexity index is 1210. The summed E-state index contributed by atoms with van der Waals surface area (Å²) in [5, 5.41) is 5.39. The number of hydrogen-bond donors (Lipinski definition) is 2. The first kappa shape index (κ1) is 21.5. The molecule has 160 valence electrons. The summed E-state index contributed by atoms with van der Waals surface area (Å²) in [5.41, 5.74) is 3.36. The van der Waals surface area contributed by atoms with Gasteiger partial charge in [0.05, 0.1) is 6.26 Å². The van der Waals surface area contributed by atoms with Crippen LogP contribution in [0.25, 0.3) is 0 Å². The number of carbonyl (C=O) groups excluding carboxylic acids is 2. The molecule has 0 saturated carbocycles. The van der Waals surface area contributed by atoms with E-state index in [-0.39, 0.29) is 17.6 Å². The molecule has 3 aromatic carbocycles. The van der Waals surface area contributed by atoms with Gasteiger partial charge in [0, 0.05) is 16.3 Å². The molecule has 0 spiro atoms. The lowest BCUT2D eigenvalue weighted by Crippen LogP contribution is -2.19. The minimum atomic E-state index is -0.465. The zero-order chi connectivity index (χ0) is 22.3. The normalized spacial score (nSPS) is 11.5. The number of thioether (sulfide) groups is 1. The van der Waals surface area contributed by atoms with E-state index in [0.717, 1.165) is 21.7 Å². The van der Waals surface area contributed by atoms with Crippen molar-refractivity contribution in [1.82, 2.24) is 0 Å². The Balaban J connectivity index is 1.55. The van der Waals surface area contributed by atoms with Crippen molar-refractivity contribution in [1.29, 1.82) is 0 Å². The fourth-order valence-electron chi connectivity index (χ4n) is 3.22. The van der Waals surface area contributed by atoms with E-state index < -0.39 is 5.25 Å². The third kappa shape index (κ3) is 5.47. The first-order valence-corrected chi connectivity index (χ1v) is 11.0. The quantitative estimate of drug-likeness (QED) is 0.329. The van der Waals surface area contributed by atoms with Gasteiger partial charge in [-0.1, -0.05) is 48.5 Å². The van der Waals surface area contributed by atoms with Crippen molar-refractivity contribution in [3.05, 3.63) is 114 Å². The molecule has 5 nitrogen and oxygen atoms in total. The van der Waals surface area contributed by atoms with Crippen LogP contribution < -0.4 is 10.6 Å². The van der Waals surface area contributed by atoms with Crippen LogP contribution in [0.1, 0.15) is 26.9 Å². The molecule has 0 radical (unpaired) electrons. The third-order valence-corrected chi connectivity index (χ3v) is 5.96. The number of aryl methyl sites for hydroxylation is 1. The summed E-state index contributed by atoms with van der Waals surface area (Å²) in [5.74, 6) is -0.200. The van der Waals surface area contributed by atoms with Crippen LogP contribution in [0.5, 0.6) is 0 Å². The van der Waals surface area contributed by atoms with E-state index in [1.165, 1.54) is 18.0 Å². The number of hydrogen-bond acceptors (Lipinski definition) is 4. The van der Waals surface area contributed by atoms with Gasteiger partial charge in [0.25, 0.3) is 5.91 Å². The largest absolute Gasteiger partial charge is 0.459 e. The van der Waals surface area contributed by atoms with E-state index in [0.29, 0.717) is 5.69 Å². The molecular formula is C26H22N2O3S. The molecule has 0 aliphatic heterocycles. The second-order valence-corrected chi connectivity index (χ2v) is 8.41. The van der Waals surface area contributed by atoms with Gasteiger partial charge in [0.1, 0.15) is 5.25 Å². The lowest BCUT2D eigenvalue weighted by Gasteiger charge is -2.18. The molecule has 6 heteroatoms. The van der Waals surface area contributed by atoms with Gasteiger partial charge in [0.2, 0.25) is 5.91 Å². The number of nitrogens with one attached hydrogen (secondary N) is 2. The zero-order valence-electron chi connectivity index (χ0n) is 17.4. The van der Waals surface area contributed by atoms with Gasteiger partial charge in [-0.3, -0.25) is 9.59 Å². The van der Waals surface area contributed by atoms with E-state index >= 15 is 0 Å². The van der Waals surface area contributed by atoms with E-state index in [4.69, 9.17) is 4.42 Å². The van der Waals surface area contributed by atoms with Crippen molar-refractivity contribution in [3.63, 3.8) is 0 Å². The van der Waals surface area contributed by atoms with E-state index in [9.17, 15) is 9.59 Å². The predicted molar refractivity (Wildman–Crippen MR) is 128 cm³/mol. The highest BCUT2D eigenvalue weighted by atomic mass is 32.2. The van der Waals surface area contributed by atoms with Crippen molar-refractivity contribution < 1.29 is 14.0 Å². The van der Waals surface area contributed by atoms with Crippen LogP contribution in [-0.4, -0.2) is 11.8 Å². The molecule has 2 N–H and O–H groups in total. The van der Waals surface area contributed by atoms with Crippen LogP contribution >= 0.6 is 11.8 Å². The first-order valence-electron chi connectivity index (χ1n) is 10.1. The highest BCUT2D eigenvalue weighted by Gasteiger charge is 2.22. The Hall–Kier alpha value is -3.77. The van der Waals surface area contributed by atoms with Gasteiger partial charge in [-0.2, -0.15) is 0 Å². The summed E-state index contributed by atoms with van der Waals surface area (Å²) < 4.78 is 5.15. The monoisotopic (exact) mass is 442 g/mol. The standard InChI is InChI=1S/C26H22N2O3S/c1-18-8-5-11-20(16-18)28-26(30)24(19-9-3-2-4-10-19)32-22-13-6-12-21(17-22)27-25(29)23-14-7-15-31-23/h2-17,24H,1H3,(H,27,29)(H,28,30). The zero-order valence-corrected chi connectivity index (χ0v) is 18.3. The average Bonchev–Trinajstić information content (AvgIpc) is 3.34. The molecule has 1 atom stereocenters. The summed E-state index contributed by atoms with van der Waals surface area (Å²) in [7, 11) is 0. The summed E-state index contributed by atoms with van der Waals surface area (Å²) in [6, 6.07) is 28.1. The van der Waals surface area contributed by atoms with Gasteiger partial charge in [-0.15, -0.1) is 11.8 Å². The van der Waals surface area contributed by atoms with Crippen LogP contribution in [-0.2, 0) is 4.79 Å². The molecule has 1 heterocycles. The molecule has 1 unspecified atom stereocenters. The fraction of sp³-hybridized carbons (Fsp3) is 0.0769.